The van der Waals surface area contributed by atoms with Crippen LogP contribution in [0.3, 0.4) is 0 Å². The number of phenols is 1. The van der Waals surface area contributed by atoms with Gasteiger partial charge in [0, 0.05) is 4.91 Å². The summed E-state index contributed by atoms with van der Waals surface area (Å²) in [7, 11) is 0. The van der Waals surface area contributed by atoms with Crippen molar-refractivity contribution in [2.75, 3.05) is 6.61 Å². The summed E-state index contributed by atoms with van der Waals surface area (Å²) in [4.78, 5) is 17.3. The number of thioether (sulfide) groups is 1. The first kappa shape index (κ1) is 19.5. The minimum absolute atomic E-state index is 0. The largest absolute Gasteiger partial charge is 0.508 e. The van der Waals surface area contributed by atoms with Crippen molar-refractivity contribution in [1.29, 1.82) is 0 Å². The third-order valence-corrected chi connectivity index (χ3v) is 4.37. The van der Waals surface area contributed by atoms with E-state index in [4.69, 9.17) is 10.5 Å². The molecule has 0 amide bonds. The number of rotatable bonds is 4. The number of esters is 1. The topological polar surface area (TPSA) is 84.9 Å². The molecule has 3 N–H and O–H groups in total. The van der Waals surface area contributed by atoms with Gasteiger partial charge in [0.1, 0.15) is 11.2 Å². The number of nitrogens with zero attached hydrogens (tertiary/aromatic N) is 1. The van der Waals surface area contributed by atoms with Crippen LogP contribution in [0, 0.1) is 0 Å². The minimum atomic E-state index is -0.452. The second kappa shape index (κ2) is 8.38. The molecule has 1 aliphatic rings. The number of aliphatic imine (C=N–C) groups is 1. The molecule has 2 rings (SSSR count). The van der Waals surface area contributed by atoms with Gasteiger partial charge in [-0.2, -0.15) is 0 Å². The molecule has 0 saturated heterocycles. The van der Waals surface area contributed by atoms with E-state index in [1.807, 2.05) is 13.0 Å². The first-order valence-electron chi connectivity index (χ1n) is 7.18. The van der Waals surface area contributed by atoms with Crippen LogP contribution in [-0.4, -0.2) is 28.9 Å². The van der Waals surface area contributed by atoms with Crippen molar-refractivity contribution in [2.24, 2.45) is 10.7 Å². The van der Waals surface area contributed by atoms with E-state index in [0.29, 0.717) is 24.3 Å². The van der Waals surface area contributed by atoms with Crippen molar-refractivity contribution in [1.82, 2.24) is 0 Å². The van der Waals surface area contributed by atoms with Gasteiger partial charge in [0.2, 0.25) is 0 Å². The van der Waals surface area contributed by atoms with E-state index in [0.717, 1.165) is 16.0 Å². The average molecular weight is 357 g/mol. The van der Waals surface area contributed by atoms with Crippen molar-refractivity contribution in [3.63, 3.8) is 0 Å². The molecule has 1 atom stereocenters. The zero-order valence-corrected chi connectivity index (χ0v) is 15.0. The Morgan fingerprint density at radius 3 is 2.74 bits per heavy atom. The lowest BCUT2D eigenvalue weighted by atomic mass is 10.0. The third kappa shape index (κ3) is 4.28. The molecule has 1 unspecified atom stereocenters. The maximum absolute atomic E-state index is 12.3. The average Bonchev–Trinajstić information content (AvgIpc) is 2.47. The maximum Gasteiger partial charge on any atom is 0.341 e. The molecule has 23 heavy (non-hydrogen) atoms. The van der Waals surface area contributed by atoms with Crippen LogP contribution in [0.15, 0.2) is 28.8 Å². The summed E-state index contributed by atoms with van der Waals surface area (Å²) >= 11 is 1.32. The highest BCUT2D eigenvalue weighted by atomic mass is 35.5. The van der Waals surface area contributed by atoms with Gasteiger partial charge in [0.05, 0.1) is 17.9 Å². The Labute approximate surface area is 146 Å². The summed E-state index contributed by atoms with van der Waals surface area (Å²) in [6, 6.07) is 5.29. The van der Waals surface area contributed by atoms with Gasteiger partial charge in [0.15, 0.2) is 0 Å². The van der Waals surface area contributed by atoms with Crippen LogP contribution in [0.25, 0.3) is 4.91 Å². The molecule has 0 aromatic heterocycles. The van der Waals surface area contributed by atoms with E-state index in [1.54, 1.807) is 26.0 Å². The van der Waals surface area contributed by atoms with Gasteiger partial charge in [-0.25, -0.2) is 4.79 Å². The second-order valence-corrected chi connectivity index (χ2v) is 5.97. The summed E-state index contributed by atoms with van der Waals surface area (Å²) in [6.45, 7) is 5.79. The molecule has 1 aromatic carbocycles. The molecule has 0 fully saturated rings. The van der Waals surface area contributed by atoms with Crippen LogP contribution in [0.2, 0.25) is 0 Å². The number of carbonyl (C=O) groups is 1. The first-order valence-corrected chi connectivity index (χ1v) is 8.06. The van der Waals surface area contributed by atoms with E-state index in [9.17, 15) is 9.90 Å². The first-order chi connectivity index (χ1) is 10.5. The molecule has 0 bridgehead atoms. The maximum atomic E-state index is 12.3. The zero-order valence-electron chi connectivity index (χ0n) is 13.3. The van der Waals surface area contributed by atoms with Crippen LogP contribution in [0.4, 0.5) is 0 Å². The smallest absolute Gasteiger partial charge is 0.341 e. The summed E-state index contributed by atoms with van der Waals surface area (Å²) in [5.74, 6) is -0.149. The van der Waals surface area contributed by atoms with Gasteiger partial charge in [-0.05, 0) is 43.5 Å². The van der Waals surface area contributed by atoms with Crippen molar-refractivity contribution < 1.29 is 14.6 Å². The Morgan fingerprint density at radius 1 is 1.43 bits per heavy atom. The molecular weight excluding hydrogens is 336 g/mol. The number of aryl methyl sites for hydroxylation is 1. The Kier molecular flexibility index (Phi) is 7.12. The number of hydrogen-bond donors (Lipinski definition) is 2. The fraction of sp³-hybridized carbons (Fsp3) is 0.375. The SMILES string of the molecule is CCOC(=O)C1=C(c2ccc(O)c(CC)c2)SC(N)N=C1C.Cl. The number of halogens is 1. The van der Waals surface area contributed by atoms with Crippen LogP contribution >= 0.6 is 24.2 Å². The van der Waals surface area contributed by atoms with Crippen LogP contribution in [0.1, 0.15) is 31.9 Å². The van der Waals surface area contributed by atoms with Gasteiger partial charge < -0.3 is 15.6 Å². The fourth-order valence-electron chi connectivity index (χ4n) is 2.29. The molecule has 0 spiro atoms. The molecule has 7 heteroatoms. The number of hydrogen-bond acceptors (Lipinski definition) is 6. The highest BCUT2D eigenvalue weighted by Gasteiger charge is 2.27. The Bertz CT molecular complexity index is 659. The van der Waals surface area contributed by atoms with E-state index < -0.39 is 11.5 Å². The minimum Gasteiger partial charge on any atom is -0.508 e. The molecule has 5 nitrogen and oxygen atoms in total. The van der Waals surface area contributed by atoms with Gasteiger partial charge in [-0.15, -0.1) is 12.4 Å². The van der Waals surface area contributed by atoms with E-state index in [1.165, 1.54) is 11.8 Å². The van der Waals surface area contributed by atoms with Gasteiger partial charge in [0.25, 0.3) is 0 Å². The summed E-state index contributed by atoms with van der Waals surface area (Å²) in [5.41, 5.74) is 8.16. The molecule has 0 aliphatic carbocycles. The lowest BCUT2D eigenvalue weighted by Gasteiger charge is -2.22. The van der Waals surface area contributed by atoms with Crippen LogP contribution in [0.5, 0.6) is 5.75 Å². The van der Waals surface area contributed by atoms with Crippen LogP contribution < -0.4 is 5.73 Å². The predicted octanol–water partition coefficient (Wildman–Crippen LogP) is 3.10. The molecule has 1 aromatic rings. The zero-order chi connectivity index (χ0) is 16.3. The second-order valence-electron chi connectivity index (χ2n) is 4.84. The van der Waals surface area contributed by atoms with Crippen molar-refractivity contribution >= 4 is 40.8 Å². The standard InChI is InChI=1S/C16H20N2O3S.ClH/c1-4-10-8-11(6-7-12(10)19)14-13(15(20)21-5-2)9(3)18-16(17)22-14;/h6-8,16,19H,4-5,17H2,1-3H3;1H. The number of nitrogens with two attached hydrogens (primary N) is 1. The fourth-order valence-corrected chi connectivity index (χ4v) is 3.36. The van der Waals surface area contributed by atoms with E-state index in [-0.39, 0.29) is 18.2 Å². The molecule has 1 heterocycles. The monoisotopic (exact) mass is 356 g/mol. The van der Waals surface area contributed by atoms with E-state index >= 15 is 0 Å². The van der Waals surface area contributed by atoms with Crippen molar-refractivity contribution in [3.05, 3.63) is 34.9 Å². The highest BCUT2D eigenvalue weighted by molar-refractivity contribution is 8.09. The Morgan fingerprint density at radius 2 is 2.13 bits per heavy atom. The molecule has 1 aliphatic heterocycles. The summed E-state index contributed by atoms with van der Waals surface area (Å²) in [5, 5.41) is 9.83. The number of phenolic OH excluding ortho intramolecular Hbond substituents is 1. The van der Waals surface area contributed by atoms with Gasteiger partial charge in [-0.3, -0.25) is 4.99 Å². The number of ether oxygens (including phenoxy) is 1. The Balaban J connectivity index is 0.00000264. The molecule has 0 saturated carbocycles. The lowest BCUT2D eigenvalue weighted by Crippen LogP contribution is -2.24. The third-order valence-electron chi connectivity index (χ3n) is 3.35. The Hall–Kier alpha value is -1.50. The molecule has 126 valence electrons. The lowest BCUT2D eigenvalue weighted by molar-refractivity contribution is -0.137. The predicted molar refractivity (Wildman–Crippen MR) is 97.0 cm³/mol. The molecular formula is C16H21ClN2O3S. The number of benzene rings is 1. The van der Waals surface area contributed by atoms with Gasteiger partial charge >= 0.3 is 5.97 Å². The van der Waals surface area contributed by atoms with Crippen molar-refractivity contribution in [2.45, 2.75) is 32.7 Å². The number of carbonyl (C=O) groups excluding carboxylic acids is 1. The van der Waals surface area contributed by atoms with Gasteiger partial charge in [-0.1, -0.05) is 24.8 Å². The van der Waals surface area contributed by atoms with E-state index in [2.05, 4.69) is 4.99 Å². The summed E-state index contributed by atoms with van der Waals surface area (Å²) in [6.07, 6.45) is 0.700. The number of aromatic hydroxyl groups is 1. The van der Waals surface area contributed by atoms with Crippen LogP contribution in [-0.2, 0) is 16.0 Å². The molecule has 0 radical (unpaired) electrons. The van der Waals surface area contributed by atoms with Crippen molar-refractivity contribution in [3.8, 4) is 5.75 Å². The summed E-state index contributed by atoms with van der Waals surface area (Å²) < 4.78 is 5.14. The highest BCUT2D eigenvalue weighted by Crippen LogP contribution is 2.38. The normalized spacial score (nSPS) is 17.4. The quantitative estimate of drug-likeness (QED) is 0.810.